The van der Waals surface area contributed by atoms with Crippen molar-refractivity contribution in [3.8, 4) is 0 Å². The fourth-order valence-electron chi connectivity index (χ4n) is 3.82. The summed E-state index contributed by atoms with van der Waals surface area (Å²) in [6, 6.07) is 8.89. The quantitative estimate of drug-likeness (QED) is 0.684. The molecule has 5 heteroatoms. The molecule has 2 atom stereocenters. The van der Waals surface area contributed by atoms with Crippen molar-refractivity contribution >= 4 is 5.69 Å². The molecule has 0 aliphatic carbocycles. The van der Waals surface area contributed by atoms with Gasteiger partial charge in [0, 0.05) is 36.8 Å². The van der Waals surface area contributed by atoms with Crippen molar-refractivity contribution in [1.82, 2.24) is 10.2 Å². The first-order valence-electron chi connectivity index (χ1n) is 7.82. The van der Waals surface area contributed by atoms with Gasteiger partial charge < -0.3 is 10.2 Å². The third-order valence-corrected chi connectivity index (χ3v) is 5.06. The Morgan fingerprint density at radius 1 is 1.33 bits per heavy atom. The molecule has 0 aromatic heterocycles. The van der Waals surface area contributed by atoms with Crippen LogP contribution in [0.4, 0.5) is 5.69 Å². The van der Waals surface area contributed by atoms with Gasteiger partial charge in [-0.25, -0.2) is 0 Å². The van der Waals surface area contributed by atoms with Gasteiger partial charge in [0.1, 0.15) is 0 Å². The summed E-state index contributed by atoms with van der Waals surface area (Å²) in [4.78, 5) is 13.0. The molecule has 2 aliphatic heterocycles. The van der Waals surface area contributed by atoms with Gasteiger partial charge in [0.2, 0.25) is 0 Å². The summed E-state index contributed by atoms with van der Waals surface area (Å²) >= 11 is 0. The molecule has 2 unspecified atom stereocenters. The Kier molecular flexibility index (Phi) is 4.22. The fraction of sp³-hybridized carbons (Fsp3) is 0.625. The highest BCUT2D eigenvalue weighted by molar-refractivity contribution is 5.34. The first-order chi connectivity index (χ1) is 10.1. The van der Waals surface area contributed by atoms with Crippen LogP contribution in [-0.2, 0) is 6.54 Å². The zero-order valence-corrected chi connectivity index (χ0v) is 12.5. The number of non-ortho nitro benzene ring substituents is 1. The third-order valence-electron chi connectivity index (χ3n) is 5.06. The molecule has 2 saturated heterocycles. The van der Waals surface area contributed by atoms with E-state index in [1.165, 1.54) is 32.1 Å². The molecule has 2 fully saturated rings. The Balaban J connectivity index is 1.58. The van der Waals surface area contributed by atoms with Crippen molar-refractivity contribution in [3.05, 3.63) is 39.9 Å². The molecule has 21 heavy (non-hydrogen) atoms. The topological polar surface area (TPSA) is 58.4 Å². The lowest BCUT2D eigenvalue weighted by Gasteiger charge is -2.47. The summed E-state index contributed by atoms with van der Waals surface area (Å²) < 4.78 is 0. The monoisotopic (exact) mass is 289 g/mol. The van der Waals surface area contributed by atoms with Crippen LogP contribution in [0, 0.1) is 10.1 Å². The molecule has 1 N–H and O–H groups in total. The molecule has 5 nitrogen and oxygen atoms in total. The Labute approximate surface area is 125 Å². The molecule has 0 amide bonds. The van der Waals surface area contributed by atoms with E-state index in [0.29, 0.717) is 18.1 Å². The van der Waals surface area contributed by atoms with Crippen molar-refractivity contribution in [2.24, 2.45) is 0 Å². The second-order valence-electron chi connectivity index (χ2n) is 6.38. The summed E-state index contributed by atoms with van der Waals surface area (Å²) in [5, 5.41) is 14.4. The Morgan fingerprint density at radius 2 is 2.05 bits per heavy atom. The normalized spacial score (nSPS) is 29.3. The largest absolute Gasteiger partial charge is 0.310 e. The Morgan fingerprint density at radius 3 is 2.71 bits per heavy atom. The average Bonchev–Trinajstić information content (AvgIpc) is 2.46. The van der Waals surface area contributed by atoms with Crippen LogP contribution in [0.15, 0.2) is 24.3 Å². The molecule has 2 bridgehead atoms. The predicted octanol–water partition coefficient (Wildman–Crippen LogP) is 2.70. The smallest absolute Gasteiger partial charge is 0.269 e. The Hall–Kier alpha value is -1.46. The molecule has 0 radical (unpaired) electrons. The summed E-state index contributed by atoms with van der Waals surface area (Å²) in [7, 11) is 2.26. The van der Waals surface area contributed by atoms with Crippen LogP contribution in [0.2, 0.25) is 0 Å². The van der Waals surface area contributed by atoms with Crippen LogP contribution in [-0.4, -0.2) is 35.0 Å². The summed E-state index contributed by atoms with van der Waals surface area (Å²) in [5.41, 5.74) is 1.17. The lowest BCUT2D eigenvalue weighted by Crippen LogP contribution is -2.54. The van der Waals surface area contributed by atoms with E-state index in [1.807, 2.05) is 6.07 Å². The lowest BCUT2D eigenvalue weighted by atomic mass is 9.82. The molecular formula is C16H23N3O2. The maximum atomic E-state index is 10.8. The molecule has 0 spiro atoms. The van der Waals surface area contributed by atoms with E-state index in [0.717, 1.165) is 12.1 Å². The zero-order chi connectivity index (χ0) is 14.8. The molecule has 114 valence electrons. The minimum Gasteiger partial charge on any atom is -0.310 e. The zero-order valence-electron chi connectivity index (χ0n) is 12.5. The van der Waals surface area contributed by atoms with Crippen molar-refractivity contribution in [2.45, 2.75) is 56.8 Å². The molecule has 3 rings (SSSR count). The van der Waals surface area contributed by atoms with Crippen LogP contribution < -0.4 is 5.32 Å². The summed E-state index contributed by atoms with van der Waals surface area (Å²) in [6.45, 7) is 0.718. The van der Waals surface area contributed by atoms with Gasteiger partial charge in [-0.2, -0.15) is 0 Å². The molecular weight excluding hydrogens is 266 g/mol. The highest BCUT2D eigenvalue weighted by Crippen LogP contribution is 2.32. The van der Waals surface area contributed by atoms with Crippen LogP contribution in [0.5, 0.6) is 0 Å². The van der Waals surface area contributed by atoms with Crippen LogP contribution in [0.25, 0.3) is 0 Å². The number of nitro benzene ring substituents is 1. The fourth-order valence-corrected chi connectivity index (χ4v) is 3.82. The number of piperidine rings is 2. The molecule has 1 aromatic rings. The van der Waals surface area contributed by atoms with Gasteiger partial charge >= 0.3 is 0 Å². The minimum atomic E-state index is -0.330. The van der Waals surface area contributed by atoms with Crippen molar-refractivity contribution in [3.63, 3.8) is 0 Å². The predicted molar refractivity (Wildman–Crippen MR) is 82.1 cm³/mol. The van der Waals surface area contributed by atoms with Crippen LogP contribution in [0.1, 0.15) is 37.7 Å². The van der Waals surface area contributed by atoms with Gasteiger partial charge in [0.05, 0.1) is 4.92 Å². The van der Waals surface area contributed by atoms with E-state index in [-0.39, 0.29) is 10.6 Å². The highest BCUT2D eigenvalue weighted by atomic mass is 16.6. The number of fused-ring (bicyclic) bond motifs is 2. The second kappa shape index (κ2) is 6.12. The first kappa shape index (κ1) is 14.5. The standard InChI is InChI=1S/C16H23N3O2/c1-18-14-5-3-6-15(18)10-13(9-14)17-11-12-4-2-7-16(8-12)19(20)21/h2,4,7-8,13-15,17H,3,5-6,9-11H2,1H3. The van der Waals surface area contributed by atoms with Crippen LogP contribution >= 0.6 is 0 Å². The summed E-state index contributed by atoms with van der Waals surface area (Å²) in [6.07, 6.45) is 6.37. The number of rotatable bonds is 4. The third kappa shape index (κ3) is 3.24. The van der Waals surface area contributed by atoms with Gasteiger partial charge in [-0.15, -0.1) is 0 Å². The van der Waals surface area contributed by atoms with Gasteiger partial charge in [-0.05, 0) is 38.3 Å². The van der Waals surface area contributed by atoms with Crippen LogP contribution in [0.3, 0.4) is 0 Å². The van der Waals surface area contributed by atoms with E-state index in [9.17, 15) is 10.1 Å². The van der Waals surface area contributed by atoms with E-state index >= 15 is 0 Å². The number of hydrogen-bond acceptors (Lipinski definition) is 4. The van der Waals surface area contributed by atoms with Gasteiger partial charge in [0.15, 0.2) is 0 Å². The van der Waals surface area contributed by atoms with Crippen molar-refractivity contribution in [2.75, 3.05) is 7.05 Å². The highest BCUT2D eigenvalue weighted by Gasteiger charge is 2.35. The molecule has 0 saturated carbocycles. The van der Waals surface area contributed by atoms with E-state index in [1.54, 1.807) is 18.2 Å². The number of hydrogen-bond donors (Lipinski definition) is 1. The number of nitrogens with one attached hydrogen (secondary N) is 1. The maximum Gasteiger partial charge on any atom is 0.269 e. The number of benzene rings is 1. The van der Waals surface area contributed by atoms with Gasteiger partial charge in [-0.1, -0.05) is 18.6 Å². The minimum absolute atomic E-state index is 0.176. The SMILES string of the molecule is CN1C2CCCC1CC(NCc1cccc([N+](=O)[O-])c1)C2. The van der Waals surface area contributed by atoms with Crippen molar-refractivity contribution < 1.29 is 4.92 Å². The Bertz CT molecular complexity index is 506. The number of nitrogens with zero attached hydrogens (tertiary/aromatic N) is 2. The lowest BCUT2D eigenvalue weighted by molar-refractivity contribution is -0.384. The summed E-state index contributed by atoms with van der Waals surface area (Å²) in [5.74, 6) is 0. The maximum absolute atomic E-state index is 10.8. The van der Waals surface area contributed by atoms with E-state index in [4.69, 9.17) is 0 Å². The van der Waals surface area contributed by atoms with Gasteiger partial charge in [-0.3, -0.25) is 10.1 Å². The van der Waals surface area contributed by atoms with E-state index < -0.39 is 0 Å². The van der Waals surface area contributed by atoms with Gasteiger partial charge in [0.25, 0.3) is 5.69 Å². The molecule has 1 aromatic carbocycles. The number of nitro groups is 1. The second-order valence-corrected chi connectivity index (χ2v) is 6.38. The molecule has 2 heterocycles. The average molecular weight is 289 g/mol. The first-order valence-corrected chi connectivity index (χ1v) is 7.82. The van der Waals surface area contributed by atoms with Crippen molar-refractivity contribution in [1.29, 1.82) is 0 Å². The molecule has 2 aliphatic rings. The van der Waals surface area contributed by atoms with E-state index in [2.05, 4.69) is 17.3 Å².